The third-order valence-corrected chi connectivity index (χ3v) is 3.44. The van der Waals surface area contributed by atoms with E-state index in [-0.39, 0.29) is 0 Å². The van der Waals surface area contributed by atoms with Crippen molar-refractivity contribution in [3.05, 3.63) is 58.1 Å². The van der Waals surface area contributed by atoms with Crippen molar-refractivity contribution in [3.8, 4) is 5.75 Å². The molecule has 0 saturated heterocycles. The van der Waals surface area contributed by atoms with Crippen molar-refractivity contribution in [2.45, 2.75) is 20.4 Å². The molecule has 3 heteroatoms. The average molecular weight is 276 g/mol. The fourth-order valence-corrected chi connectivity index (χ4v) is 2.28. The lowest BCUT2D eigenvalue weighted by molar-refractivity contribution is 0.412. The van der Waals surface area contributed by atoms with Gasteiger partial charge in [-0.3, -0.25) is 0 Å². The first kappa shape index (κ1) is 13.8. The predicted octanol–water partition coefficient (Wildman–Crippen LogP) is 4.58. The summed E-state index contributed by atoms with van der Waals surface area (Å²) in [4.78, 5) is 0. The van der Waals surface area contributed by atoms with Crippen LogP contribution in [0.1, 0.15) is 16.7 Å². The van der Waals surface area contributed by atoms with Crippen molar-refractivity contribution in [3.63, 3.8) is 0 Å². The first-order chi connectivity index (χ1) is 9.10. The van der Waals surface area contributed by atoms with Crippen LogP contribution < -0.4 is 10.1 Å². The minimum absolute atomic E-state index is 0.713. The zero-order valence-electron chi connectivity index (χ0n) is 11.5. The van der Waals surface area contributed by atoms with Gasteiger partial charge in [-0.1, -0.05) is 23.7 Å². The Balaban J connectivity index is 2.08. The maximum absolute atomic E-state index is 6.21. The SMILES string of the molecule is COc1ccc(NCc2ccc(C)cc2Cl)cc1C. The fourth-order valence-electron chi connectivity index (χ4n) is 1.98. The molecule has 0 fully saturated rings. The highest BCUT2D eigenvalue weighted by molar-refractivity contribution is 6.31. The van der Waals surface area contributed by atoms with Gasteiger partial charge in [-0.25, -0.2) is 0 Å². The van der Waals surface area contributed by atoms with Gasteiger partial charge >= 0.3 is 0 Å². The smallest absolute Gasteiger partial charge is 0.121 e. The number of ether oxygens (including phenoxy) is 1. The quantitative estimate of drug-likeness (QED) is 0.882. The summed E-state index contributed by atoms with van der Waals surface area (Å²) in [5.74, 6) is 0.902. The molecule has 0 spiro atoms. The molecule has 2 nitrogen and oxygen atoms in total. The highest BCUT2D eigenvalue weighted by Crippen LogP contribution is 2.23. The van der Waals surface area contributed by atoms with Gasteiger partial charge in [0.15, 0.2) is 0 Å². The van der Waals surface area contributed by atoms with Gasteiger partial charge in [0, 0.05) is 17.3 Å². The van der Waals surface area contributed by atoms with Gasteiger partial charge in [-0.15, -0.1) is 0 Å². The first-order valence-corrected chi connectivity index (χ1v) is 6.61. The molecule has 0 aliphatic rings. The van der Waals surface area contributed by atoms with Crippen LogP contribution >= 0.6 is 11.6 Å². The van der Waals surface area contributed by atoms with Gasteiger partial charge in [0.2, 0.25) is 0 Å². The highest BCUT2D eigenvalue weighted by atomic mass is 35.5. The average Bonchev–Trinajstić information content (AvgIpc) is 2.38. The normalized spacial score (nSPS) is 10.3. The zero-order valence-corrected chi connectivity index (χ0v) is 12.2. The molecule has 2 aromatic carbocycles. The van der Waals surface area contributed by atoms with Crippen LogP contribution in [0.3, 0.4) is 0 Å². The van der Waals surface area contributed by atoms with Crippen LogP contribution in [-0.2, 0) is 6.54 Å². The maximum atomic E-state index is 6.21. The Bertz CT molecular complexity index is 581. The van der Waals surface area contributed by atoms with Crippen LogP contribution in [0.15, 0.2) is 36.4 Å². The van der Waals surface area contributed by atoms with Crippen molar-refractivity contribution in [2.24, 2.45) is 0 Å². The van der Waals surface area contributed by atoms with E-state index in [1.165, 1.54) is 5.56 Å². The summed E-state index contributed by atoms with van der Waals surface area (Å²) in [6.45, 7) is 4.78. The van der Waals surface area contributed by atoms with Crippen molar-refractivity contribution < 1.29 is 4.74 Å². The molecular weight excluding hydrogens is 258 g/mol. The van der Waals surface area contributed by atoms with Crippen LogP contribution in [0.25, 0.3) is 0 Å². The Morgan fingerprint density at radius 3 is 2.53 bits per heavy atom. The molecule has 0 amide bonds. The van der Waals surface area contributed by atoms with Crippen LogP contribution in [0.5, 0.6) is 5.75 Å². The third kappa shape index (κ3) is 3.42. The molecule has 0 bridgehead atoms. The molecule has 0 heterocycles. The van der Waals surface area contributed by atoms with Crippen molar-refractivity contribution in [1.29, 1.82) is 0 Å². The van der Waals surface area contributed by atoms with E-state index in [0.717, 1.165) is 27.6 Å². The number of benzene rings is 2. The van der Waals surface area contributed by atoms with Gasteiger partial charge in [-0.2, -0.15) is 0 Å². The number of hydrogen-bond donors (Lipinski definition) is 1. The lowest BCUT2D eigenvalue weighted by Crippen LogP contribution is -2.01. The Morgan fingerprint density at radius 2 is 1.89 bits per heavy atom. The largest absolute Gasteiger partial charge is 0.496 e. The van der Waals surface area contributed by atoms with Crippen molar-refractivity contribution in [1.82, 2.24) is 0 Å². The number of nitrogens with one attached hydrogen (secondary N) is 1. The van der Waals surface area contributed by atoms with Crippen LogP contribution in [0.2, 0.25) is 5.02 Å². The van der Waals surface area contributed by atoms with E-state index in [9.17, 15) is 0 Å². The van der Waals surface area contributed by atoms with E-state index in [1.807, 2.05) is 32.0 Å². The van der Waals surface area contributed by atoms with Crippen LogP contribution in [0, 0.1) is 13.8 Å². The van der Waals surface area contributed by atoms with Gasteiger partial charge in [0.1, 0.15) is 5.75 Å². The molecule has 0 aliphatic carbocycles. The lowest BCUT2D eigenvalue weighted by atomic mass is 10.1. The predicted molar refractivity (Wildman–Crippen MR) is 81.2 cm³/mol. The van der Waals surface area contributed by atoms with E-state index in [4.69, 9.17) is 16.3 Å². The first-order valence-electron chi connectivity index (χ1n) is 6.23. The molecule has 0 atom stereocenters. The fraction of sp³-hybridized carbons (Fsp3) is 0.250. The molecule has 1 N–H and O–H groups in total. The third-order valence-electron chi connectivity index (χ3n) is 3.09. The Kier molecular flexibility index (Phi) is 4.33. The summed E-state index contributed by atoms with van der Waals surface area (Å²) in [7, 11) is 1.68. The molecule has 0 aromatic heterocycles. The lowest BCUT2D eigenvalue weighted by Gasteiger charge is -2.11. The van der Waals surface area contributed by atoms with Crippen LogP contribution in [-0.4, -0.2) is 7.11 Å². The van der Waals surface area contributed by atoms with Gasteiger partial charge in [0.25, 0.3) is 0 Å². The number of rotatable bonds is 4. The van der Waals surface area contributed by atoms with Gasteiger partial charge in [0.05, 0.1) is 7.11 Å². The second-order valence-corrected chi connectivity index (χ2v) is 5.04. The molecule has 0 saturated carbocycles. The summed E-state index contributed by atoms with van der Waals surface area (Å²) < 4.78 is 5.25. The minimum Gasteiger partial charge on any atom is -0.496 e. The standard InChI is InChI=1S/C16H18ClNO/c1-11-4-5-13(15(17)8-11)10-18-14-6-7-16(19-3)12(2)9-14/h4-9,18H,10H2,1-3H3. The van der Waals surface area contributed by atoms with E-state index in [1.54, 1.807) is 7.11 Å². The Hall–Kier alpha value is -1.67. The number of hydrogen-bond acceptors (Lipinski definition) is 2. The number of anilines is 1. The molecule has 0 aliphatic heterocycles. The molecule has 2 rings (SSSR count). The second kappa shape index (κ2) is 5.98. The molecule has 2 aromatic rings. The Labute approximate surface area is 119 Å². The summed E-state index contributed by atoms with van der Waals surface area (Å²) in [6.07, 6.45) is 0. The molecule has 0 unspecified atom stereocenters. The zero-order chi connectivity index (χ0) is 13.8. The van der Waals surface area contributed by atoms with E-state index >= 15 is 0 Å². The van der Waals surface area contributed by atoms with E-state index in [0.29, 0.717) is 6.54 Å². The van der Waals surface area contributed by atoms with Crippen LogP contribution in [0.4, 0.5) is 5.69 Å². The number of aryl methyl sites for hydroxylation is 2. The maximum Gasteiger partial charge on any atom is 0.121 e. The second-order valence-electron chi connectivity index (χ2n) is 4.63. The summed E-state index contributed by atoms with van der Waals surface area (Å²) in [6, 6.07) is 12.2. The topological polar surface area (TPSA) is 21.3 Å². The highest BCUT2D eigenvalue weighted by Gasteiger charge is 2.02. The molecule has 19 heavy (non-hydrogen) atoms. The van der Waals surface area contributed by atoms with E-state index < -0.39 is 0 Å². The number of halogens is 1. The monoisotopic (exact) mass is 275 g/mol. The summed E-state index contributed by atoms with van der Waals surface area (Å²) in [5.41, 5.74) is 4.45. The van der Waals surface area contributed by atoms with Gasteiger partial charge in [-0.05, 0) is 54.8 Å². The number of methoxy groups -OCH3 is 1. The summed E-state index contributed by atoms with van der Waals surface area (Å²) >= 11 is 6.21. The van der Waals surface area contributed by atoms with Gasteiger partial charge < -0.3 is 10.1 Å². The molecule has 0 radical (unpaired) electrons. The van der Waals surface area contributed by atoms with E-state index in [2.05, 4.69) is 23.5 Å². The van der Waals surface area contributed by atoms with Crippen molar-refractivity contribution >= 4 is 17.3 Å². The molecule has 100 valence electrons. The van der Waals surface area contributed by atoms with Crippen molar-refractivity contribution in [2.75, 3.05) is 12.4 Å². The Morgan fingerprint density at radius 1 is 1.11 bits per heavy atom. The molecular formula is C16H18ClNO. The summed E-state index contributed by atoms with van der Waals surface area (Å²) in [5, 5.41) is 4.18. The minimum atomic E-state index is 0.713.